The highest BCUT2D eigenvalue weighted by Gasteiger charge is 2.47. The number of hydrazine groups is 1. The van der Waals surface area contributed by atoms with E-state index in [0.29, 0.717) is 24.1 Å². The largest absolute Gasteiger partial charge is 0.416 e. The maximum absolute atomic E-state index is 13.6. The van der Waals surface area contributed by atoms with Crippen LogP contribution in [0.5, 0.6) is 0 Å². The van der Waals surface area contributed by atoms with E-state index in [-0.39, 0.29) is 17.7 Å². The Hall–Kier alpha value is -3.47. The molecular formula is C27H26F6N4O. The van der Waals surface area contributed by atoms with Crippen molar-refractivity contribution in [1.82, 2.24) is 10.4 Å². The summed E-state index contributed by atoms with van der Waals surface area (Å²) in [6.07, 6.45) is -5.95. The number of rotatable bonds is 2. The highest BCUT2D eigenvalue weighted by Crippen LogP contribution is 2.50. The number of carbonyl (C=O) groups excluding carboxylic acids is 1. The third-order valence-corrected chi connectivity index (χ3v) is 7.69. The minimum absolute atomic E-state index is 0.00865. The first-order chi connectivity index (χ1) is 17.6. The van der Waals surface area contributed by atoms with E-state index in [9.17, 15) is 31.1 Å². The molecule has 1 aliphatic heterocycles. The van der Waals surface area contributed by atoms with Crippen LogP contribution in [0.4, 0.5) is 37.7 Å². The van der Waals surface area contributed by atoms with Crippen molar-refractivity contribution < 1.29 is 31.1 Å². The molecule has 0 radical (unpaired) electrons. The Balaban J connectivity index is 1.74. The van der Waals surface area contributed by atoms with Gasteiger partial charge >= 0.3 is 12.4 Å². The van der Waals surface area contributed by atoms with Gasteiger partial charge in [0, 0.05) is 28.7 Å². The van der Waals surface area contributed by atoms with E-state index in [1.165, 1.54) is 0 Å². The second kappa shape index (κ2) is 8.52. The first-order valence-electron chi connectivity index (χ1n) is 12.1. The molecule has 5 rings (SSSR count). The van der Waals surface area contributed by atoms with Crippen LogP contribution in [0.25, 0.3) is 10.9 Å². The summed E-state index contributed by atoms with van der Waals surface area (Å²) in [6, 6.07) is 4.75. The molecule has 0 fully saturated rings. The van der Waals surface area contributed by atoms with Crippen molar-refractivity contribution in [3.8, 4) is 0 Å². The fourth-order valence-electron chi connectivity index (χ4n) is 5.63. The van der Waals surface area contributed by atoms with E-state index in [4.69, 9.17) is 5.84 Å². The van der Waals surface area contributed by atoms with Crippen molar-refractivity contribution >= 4 is 28.2 Å². The standard InChI is InChI=1S/C27H26F6N4O/c1-13-14(12-35-34)5-4-6-18-19-10-22-20(11-21(19)36-23(13)18)25(2,3)24(38)37(22)17-8-15(26(28,29)30)7-16(9-17)27(31,32)33/h7-13,35-36H,4-6,34H2,1-3H3/b14-12-. The van der Waals surface area contributed by atoms with E-state index in [0.717, 1.165) is 45.5 Å². The van der Waals surface area contributed by atoms with Gasteiger partial charge in [-0.3, -0.25) is 15.5 Å². The van der Waals surface area contributed by atoms with Gasteiger partial charge in [-0.1, -0.05) is 6.92 Å². The van der Waals surface area contributed by atoms with Gasteiger partial charge in [-0.2, -0.15) is 26.3 Å². The number of anilines is 2. The van der Waals surface area contributed by atoms with Crippen molar-refractivity contribution in [3.05, 3.63) is 70.1 Å². The number of allylic oxidation sites excluding steroid dienone is 1. The molecule has 1 atom stereocenters. The van der Waals surface area contributed by atoms with Gasteiger partial charge in [-0.15, -0.1) is 0 Å². The summed E-state index contributed by atoms with van der Waals surface area (Å²) in [5.74, 6) is 4.91. The van der Waals surface area contributed by atoms with Gasteiger partial charge in [-0.05, 0) is 80.1 Å². The number of fused-ring (bicyclic) bond motifs is 4. The number of nitrogens with zero attached hydrogens (tertiary/aromatic N) is 1. The lowest BCUT2D eigenvalue weighted by atomic mass is 9.85. The number of hydrogen-bond donors (Lipinski definition) is 3. The fourth-order valence-corrected chi connectivity index (χ4v) is 5.63. The number of amides is 1. The number of hydrogen-bond acceptors (Lipinski definition) is 3. The molecule has 1 aliphatic carbocycles. The summed E-state index contributed by atoms with van der Waals surface area (Å²) in [5, 5.41) is 0.783. The molecule has 0 saturated heterocycles. The van der Waals surface area contributed by atoms with Gasteiger partial charge in [0.05, 0.1) is 27.9 Å². The maximum Gasteiger partial charge on any atom is 0.416 e. The lowest BCUT2D eigenvalue weighted by molar-refractivity contribution is -0.143. The summed E-state index contributed by atoms with van der Waals surface area (Å²) in [5.41, 5.74) is 2.61. The molecule has 11 heteroatoms. The summed E-state index contributed by atoms with van der Waals surface area (Å²) in [7, 11) is 0. The first-order valence-corrected chi connectivity index (χ1v) is 12.1. The minimum atomic E-state index is -5.03. The fraction of sp³-hybridized carbons (Fsp3) is 0.370. The number of nitrogens with one attached hydrogen (secondary N) is 2. The normalized spacial score (nSPS) is 20.6. The molecule has 0 bridgehead atoms. The second-order valence-electron chi connectivity index (χ2n) is 10.4. The summed E-state index contributed by atoms with van der Waals surface area (Å²) in [6.45, 7) is 5.27. The van der Waals surface area contributed by atoms with E-state index in [1.54, 1.807) is 32.2 Å². The summed E-state index contributed by atoms with van der Waals surface area (Å²) < 4.78 is 81.6. The molecule has 2 aliphatic rings. The Kier molecular flexibility index (Phi) is 5.86. The Bertz CT molecular complexity index is 1450. The number of halogens is 6. The van der Waals surface area contributed by atoms with Gasteiger partial charge in [0.1, 0.15) is 0 Å². The molecule has 38 heavy (non-hydrogen) atoms. The number of carbonyl (C=O) groups is 1. The Morgan fingerprint density at radius 1 is 1.03 bits per heavy atom. The highest BCUT2D eigenvalue weighted by molar-refractivity contribution is 6.14. The van der Waals surface area contributed by atoms with E-state index in [1.807, 2.05) is 6.92 Å². The lowest BCUT2D eigenvalue weighted by Gasteiger charge is -2.23. The molecule has 5 nitrogen and oxygen atoms in total. The molecule has 2 aromatic carbocycles. The van der Waals surface area contributed by atoms with Crippen LogP contribution < -0.4 is 16.2 Å². The SMILES string of the molecule is CC1/C(=C\NN)CCCc2c1[nH]c1cc3c(cc21)N(c1cc(C(F)(F)F)cc(C(F)(F)F)c1)C(=O)C3(C)C. The predicted molar refractivity (Wildman–Crippen MR) is 132 cm³/mol. The predicted octanol–water partition coefficient (Wildman–Crippen LogP) is 6.95. The number of alkyl halides is 6. The van der Waals surface area contributed by atoms with Gasteiger partial charge in [0.25, 0.3) is 0 Å². The van der Waals surface area contributed by atoms with Crippen LogP contribution in [-0.2, 0) is 29.0 Å². The van der Waals surface area contributed by atoms with Crippen LogP contribution in [0.1, 0.15) is 67.5 Å². The number of H-pyrrole nitrogens is 1. The summed E-state index contributed by atoms with van der Waals surface area (Å²) >= 11 is 0. The zero-order valence-corrected chi connectivity index (χ0v) is 20.9. The lowest BCUT2D eigenvalue weighted by Crippen LogP contribution is -2.33. The van der Waals surface area contributed by atoms with Gasteiger partial charge in [-0.25, -0.2) is 0 Å². The van der Waals surface area contributed by atoms with Crippen LogP contribution in [0.2, 0.25) is 0 Å². The van der Waals surface area contributed by atoms with Gasteiger partial charge < -0.3 is 10.4 Å². The van der Waals surface area contributed by atoms with Crippen LogP contribution in [-0.4, -0.2) is 10.9 Å². The van der Waals surface area contributed by atoms with E-state index < -0.39 is 40.5 Å². The van der Waals surface area contributed by atoms with Crippen LogP contribution in [0.3, 0.4) is 0 Å². The van der Waals surface area contributed by atoms with Crippen LogP contribution in [0, 0.1) is 0 Å². The van der Waals surface area contributed by atoms with Crippen molar-refractivity contribution in [1.29, 1.82) is 0 Å². The van der Waals surface area contributed by atoms with Crippen molar-refractivity contribution in [2.24, 2.45) is 5.84 Å². The molecule has 1 amide bonds. The maximum atomic E-state index is 13.6. The van der Waals surface area contributed by atoms with Crippen LogP contribution >= 0.6 is 0 Å². The average molecular weight is 537 g/mol. The Labute approximate surface area is 214 Å². The van der Waals surface area contributed by atoms with Crippen molar-refractivity contribution in [2.45, 2.75) is 63.7 Å². The third-order valence-electron chi connectivity index (χ3n) is 7.69. The number of nitrogens with two attached hydrogens (primary N) is 1. The molecular weight excluding hydrogens is 510 g/mol. The first kappa shape index (κ1) is 26.1. The Morgan fingerprint density at radius 3 is 2.24 bits per heavy atom. The number of aryl methyl sites for hydroxylation is 1. The molecule has 0 spiro atoms. The monoisotopic (exact) mass is 536 g/mol. The van der Waals surface area contributed by atoms with Crippen molar-refractivity contribution in [3.63, 3.8) is 0 Å². The number of aromatic amines is 1. The average Bonchev–Trinajstić information content (AvgIpc) is 3.21. The number of benzene rings is 2. The van der Waals surface area contributed by atoms with Crippen molar-refractivity contribution in [2.75, 3.05) is 4.90 Å². The van der Waals surface area contributed by atoms with Gasteiger partial charge in [0.15, 0.2) is 0 Å². The zero-order valence-electron chi connectivity index (χ0n) is 20.9. The topological polar surface area (TPSA) is 74.2 Å². The quantitative estimate of drug-likeness (QED) is 0.144. The number of aromatic nitrogens is 1. The third kappa shape index (κ3) is 4.03. The summed E-state index contributed by atoms with van der Waals surface area (Å²) in [4.78, 5) is 18.0. The van der Waals surface area contributed by atoms with Gasteiger partial charge in [0.2, 0.25) is 5.91 Å². The molecule has 0 saturated carbocycles. The molecule has 202 valence electrons. The van der Waals surface area contributed by atoms with Crippen LogP contribution in [0.15, 0.2) is 42.1 Å². The zero-order chi connectivity index (χ0) is 27.8. The molecule has 3 aromatic rings. The molecule has 2 heterocycles. The van der Waals surface area contributed by atoms with E-state index in [2.05, 4.69) is 10.4 Å². The van der Waals surface area contributed by atoms with E-state index >= 15 is 0 Å². The smallest absolute Gasteiger partial charge is 0.358 e. The minimum Gasteiger partial charge on any atom is -0.358 e. The Morgan fingerprint density at radius 2 is 1.66 bits per heavy atom. The highest BCUT2D eigenvalue weighted by atomic mass is 19.4. The second-order valence-corrected chi connectivity index (χ2v) is 10.4. The molecule has 1 unspecified atom stereocenters. The molecule has 1 aromatic heterocycles. The molecule has 4 N–H and O–H groups in total.